The van der Waals surface area contributed by atoms with Crippen molar-refractivity contribution < 1.29 is 0 Å². The van der Waals surface area contributed by atoms with Crippen molar-refractivity contribution in [3.63, 3.8) is 0 Å². The molecule has 0 radical (unpaired) electrons. The van der Waals surface area contributed by atoms with Gasteiger partial charge in [0, 0.05) is 0 Å². The van der Waals surface area contributed by atoms with Gasteiger partial charge in [0.1, 0.15) is 0 Å². The fourth-order valence-corrected chi connectivity index (χ4v) is 5.94. The van der Waals surface area contributed by atoms with Gasteiger partial charge in [0.25, 0.3) is 0 Å². The first-order chi connectivity index (χ1) is 20.7. The van der Waals surface area contributed by atoms with Crippen molar-refractivity contribution in [2.24, 2.45) is 11.8 Å². The zero-order valence-electron chi connectivity index (χ0n) is 29.6. The number of hydrogen-bond donors (Lipinski definition) is 0. The van der Waals surface area contributed by atoms with E-state index in [0.717, 1.165) is 24.7 Å². The summed E-state index contributed by atoms with van der Waals surface area (Å²) < 4.78 is 0. The molecule has 0 unspecified atom stereocenters. The van der Waals surface area contributed by atoms with E-state index in [1.165, 1.54) is 167 Å². The number of rotatable bonds is 33. The molecule has 0 saturated heterocycles. The molecule has 0 N–H and O–H groups in total. The average Bonchev–Trinajstić information content (AvgIpc) is 2.99. The number of unbranched alkanes of at least 4 members (excludes halogenated alkanes) is 20. The lowest BCUT2D eigenvalue weighted by Gasteiger charge is -2.19. The fraction of sp³-hybridized carbons (Fsp3) is 0.810. The maximum absolute atomic E-state index is 2.43. The standard InChI is InChI=1S/C42H78/c1-5-7-9-11-13-15-17-19-21-23-25-27-29-31-33-35-37-39-42(41(3)4)40-38-36-34-32-30-28-26-24-22-20-18-16-14-12-10-8-6-2/h27-30,33-36,41-42H,5-26,31-32,37-40H2,1-4H3/b29-27+,30-28+,35-33+,36-34+. The lowest BCUT2D eigenvalue weighted by Crippen LogP contribution is -2.07. The predicted molar refractivity (Wildman–Crippen MR) is 196 cm³/mol. The molecule has 0 heteroatoms. The normalized spacial score (nSPS) is 12.6. The maximum atomic E-state index is 2.43. The molecule has 0 atom stereocenters. The molecule has 0 aliphatic rings. The zero-order valence-corrected chi connectivity index (χ0v) is 29.6. The monoisotopic (exact) mass is 583 g/mol. The van der Waals surface area contributed by atoms with Crippen molar-refractivity contribution in [3.05, 3.63) is 48.6 Å². The highest BCUT2D eigenvalue weighted by Crippen LogP contribution is 2.23. The number of allylic oxidation sites excluding steroid dienone is 8. The first-order valence-electron chi connectivity index (χ1n) is 19.3. The van der Waals surface area contributed by atoms with Gasteiger partial charge in [-0.05, 0) is 76.0 Å². The summed E-state index contributed by atoms with van der Waals surface area (Å²) >= 11 is 0. The van der Waals surface area contributed by atoms with E-state index < -0.39 is 0 Å². The first kappa shape index (κ1) is 41.0. The molecule has 0 heterocycles. The summed E-state index contributed by atoms with van der Waals surface area (Å²) in [4.78, 5) is 0. The molecular weight excluding hydrogens is 504 g/mol. The van der Waals surface area contributed by atoms with E-state index in [0.29, 0.717) is 0 Å². The van der Waals surface area contributed by atoms with Crippen LogP contribution in [0.3, 0.4) is 0 Å². The Balaban J connectivity index is 3.63. The van der Waals surface area contributed by atoms with Crippen LogP contribution in [0.2, 0.25) is 0 Å². The lowest BCUT2D eigenvalue weighted by atomic mass is 9.87. The van der Waals surface area contributed by atoms with Gasteiger partial charge in [0.05, 0.1) is 0 Å². The van der Waals surface area contributed by atoms with Crippen molar-refractivity contribution in [2.75, 3.05) is 0 Å². The zero-order chi connectivity index (χ0) is 30.6. The molecule has 0 bridgehead atoms. The van der Waals surface area contributed by atoms with Gasteiger partial charge in [-0.3, -0.25) is 0 Å². The van der Waals surface area contributed by atoms with Gasteiger partial charge >= 0.3 is 0 Å². The van der Waals surface area contributed by atoms with Crippen molar-refractivity contribution in [3.8, 4) is 0 Å². The highest BCUT2D eigenvalue weighted by molar-refractivity contribution is 4.94. The third-order valence-electron chi connectivity index (χ3n) is 9.01. The highest BCUT2D eigenvalue weighted by atomic mass is 14.2. The van der Waals surface area contributed by atoms with E-state index in [-0.39, 0.29) is 0 Å². The van der Waals surface area contributed by atoms with E-state index in [4.69, 9.17) is 0 Å². The Morgan fingerprint density at radius 1 is 0.333 bits per heavy atom. The van der Waals surface area contributed by atoms with Crippen molar-refractivity contribution in [2.45, 2.75) is 207 Å². The highest BCUT2D eigenvalue weighted by Gasteiger charge is 2.11. The first-order valence-corrected chi connectivity index (χ1v) is 19.3. The second-order valence-corrected chi connectivity index (χ2v) is 13.5. The summed E-state index contributed by atoms with van der Waals surface area (Å²) in [5, 5.41) is 0. The van der Waals surface area contributed by atoms with Crippen LogP contribution in [0.15, 0.2) is 48.6 Å². The molecule has 0 amide bonds. The van der Waals surface area contributed by atoms with Crippen molar-refractivity contribution in [1.29, 1.82) is 0 Å². The smallest absolute Gasteiger partial charge is 0.0169 e. The Kier molecular flexibility index (Phi) is 35.3. The topological polar surface area (TPSA) is 0 Å². The fourth-order valence-electron chi connectivity index (χ4n) is 5.94. The van der Waals surface area contributed by atoms with Crippen LogP contribution < -0.4 is 0 Å². The van der Waals surface area contributed by atoms with Crippen LogP contribution in [0, 0.1) is 11.8 Å². The Bertz CT molecular complexity index is 554. The molecule has 0 aromatic heterocycles. The Labute approximate surface area is 267 Å². The van der Waals surface area contributed by atoms with Crippen LogP contribution in [0.5, 0.6) is 0 Å². The second kappa shape index (κ2) is 36.2. The molecule has 0 aromatic rings. The van der Waals surface area contributed by atoms with Crippen LogP contribution in [-0.2, 0) is 0 Å². The Hall–Kier alpha value is -1.04. The SMILES string of the molecule is CCCCCCCCCCCC/C=C/C/C=C/CCC(CC/C=C/C/C=C/CCCCCCCCCCCC)C(C)C. The molecular formula is C42H78. The molecule has 0 aliphatic heterocycles. The summed E-state index contributed by atoms with van der Waals surface area (Å²) in [5.74, 6) is 1.63. The van der Waals surface area contributed by atoms with E-state index in [1.54, 1.807) is 0 Å². The third kappa shape index (κ3) is 33.5. The Morgan fingerprint density at radius 3 is 0.929 bits per heavy atom. The van der Waals surface area contributed by atoms with Gasteiger partial charge < -0.3 is 0 Å². The molecule has 42 heavy (non-hydrogen) atoms. The van der Waals surface area contributed by atoms with Gasteiger partial charge in [-0.15, -0.1) is 0 Å². The largest absolute Gasteiger partial charge is 0.0882 e. The summed E-state index contributed by atoms with van der Waals surface area (Å²) in [6, 6.07) is 0. The summed E-state index contributed by atoms with van der Waals surface area (Å²) in [6.45, 7) is 9.41. The van der Waals surface area contributed by atoms with Crippen molar-refractivity contribution in [1.82, 2.24) is 0 Å². The second-order valence-electron chi connectivity index (χ2n) is 13.5. The van der Waals surface area contributed by atoms with Gasteiger partial charge in [0.2, 0.25) is 0 Å². The lowest BCUT2D eigenvalue weighted by molar-refractivity contribution is 0.341. The van der Waals surface area contributed by atoms with Gasteiger partial charge in [-0.2, -0.15) is 0 Å². The molecule has 0 spiro atoms. The minimum Gasteiger partial charge on any atom is -0.0882 e. The quantitative estimate of drug-likeness (QED) is 0.0533. The summed E-state index contributed by atoms with van der Waals surface area (Å²) in [5.41, 5.74) is 0. The Morgan fingerprint density at radius 2 is 0.619 bits per heavy atom. The van der Waals surface area contributed by atoms with Gasteiger partial charge in [-0.1, -0.05) is 192 Å². The number of hydrogen-bond acceptors (Lipinski definition) is 0. The molecule has 0 rings (SSSR count). The van der Waals surface area contributed by atoms with Gasteiger partial charge in [-0.25, -0.2) is 0 Å². The maximum Gasteiger partial charge on any atom is -0.0169 e. The minimum atomic E-state index is 0.786. The van der Waals surface area contributed by atoms with E-state index in [1.807, 2.05) is 0 Å². The van der Waals surface area contributed by atoms with E-state index >= 15 is 0 Å². The molecule has 0 fully saturated rings. The van der Waals surface area contributed by atoms with Crippen molar-refractivity contribution >= 4 is 0 Å². The van der Waals surface area contributed by atoms with E-state index in [9.17, 15) is 0 Å². The average molecular weight is 583 g/mol. The molecule has 0 aromatic carbocycles. The van der Waals surface area contributed by atoms with Gasteiger partial charge in [0.15, 0.2) is 0 Å². The minimum absolute atomic E-state index is 0.786. The van der Waals surface area contributed by atoms with Crippen LogP contribution >= 0.6 is 0 Å². The molecule has 0 saturated carbocycles. The van der Waals surface area contributed by atoms with Crippen LogP contribution in [0.25, 0.3) is 0 Å². The molecule has 246 valence electrons. The third-order valence-corrected chi connectivity index (χ3v) is 9.01. The predicted octanol–water partition coefficient (Wildman–Crippen LogP) is 15.4. The molecule has 0 aliphatic carbocycles. The van der Waals surface area contributed by atoms with Crippen LogP contribution in [0.4, 0.5) is 0 Å². The van der Waals surface area contributed by atoms with E-state index in [2.05, 4.69) is 76.3 Å². The summed E-state index contributed by atoms with van der Waals surface area (Å²) in [6.07, 6.45) is 57.6. The van der Waals surface area contributed by atoms with Crippen LogP contribution in [0.1, 0.15) is 207 Å². The van der Waals surface area contributed by atoms with Crippen LogP contribution in [-0.4, -0.2) is 0 Å². The molecule has 0 nitrogen and oxygen atoms in total. The summed E-state index contributed by atoms with van der Waals surface area (Å²) in [7, 11) is 0.